The molecule has 58 heavy (non-hydrogen) atoms. The molecule has 0 aliphatic carbocycles. The summed E-state index contributed by atoms with van der Waals surface area (Å²) < 4.78 is 44.9. The van der Waals surface area contributed by atoms with Gasteiger partial charge in [0.25, 0.3) is 0 Å². The fraction of sp³-hybridized carbons (Fsp3) is 0.854. The first-order valence-electron chi connectivity index (χ1n) is 20.9. The van der Waals surface area contributed by atoms with Crippen LogP contribution < -0.4 is 20.6 Å². The summed E-state index contributed by atoms with van der Waals surface area (Å²) in [5, 5.41) is -0.557. The highest BCUT2D eigenvalue weighted by atomic mass is 127. The first kappa shape index (κ1) is 53.2. The summed E-state index contributed by atoms with van der Waals surface area (Å²) in [6, 6.07) is 0.0211. The van der Waals surface area contributed by atoms with Crippen molar-refractivity contribution in [2.45, 2.75) is 200 Å². The van der Waals surface area contributed by atoms with Gasteiger partial charge < -0.3 is 27.2 Å². The number of aromatic nitrogens is 4. The van der Waals surface area contributed by atoms with Gasteiger partial charge in [-0.1, -0.05) is 106 Å². The lowest BCUT2D eigenvalue weighted by molar-refractivity contribution is -0.0609. The second kappa shape index (κ2) is 19.2. The summed E-state index contributed by atoms with van der Waals surface area (Å²) >= 11 is 2.32. The molecule has 2 aromatic heterocycles. The van der Waals surface area contributed by atoms with Crippen molar-refractivity contribution in [1.29, 1.82) is 0 Å². The van der Waals surface area contributed by atoms with Crippen molar-refractivity contribution >= 4 is 67.0 Å². The van der Waals surface area contributed by atoms with E-state index in [2.05, 4.69) is 163 Å². The summed E-state index contributed by atoms with van der Waals surface area (Å²) in [7, 11) is -7.04. The largest absolute Gasteiger partial charge is 0.479 e. The smallest absolute Gasteiger partial charge is 0.321 e. The zero-order valence-electron chi connectivity index (χ0n) is 40.4. The lowest BCUT2D eigenvalue weighted by atomic mass is 10.1. The maximum Gasteiger partial charge on any atom is 0.321 e. The molecule has 0 saturated carbocycles. The lowest BCUT2D eigenvalue weighted by Gasteiger charge is -2.49. The van der Waals surface area contributed by atoms with Crippen LogP contribution >= 0.6 is 22.6 Å². The Kier molecular flexibility index (Phi) is 17.6. The van der Waals surface area contributed by atoms with E-state index in [1.165, 1.54) is 23.4 Å². The number of rotatable bonds is 19. The van der Waals surface area contributed by atoms with Crippen LogP contribution in [-0.4, -0.2) is 95.9 Å². The number of hydrogen-bond acceptors (Lipinski definition) is 10. The third-order valence-corrected chi connectivity index (χ3v) is 32.2. The van der Waals surface area contributed by atoms with E-state index in [1.54, 1.807) is 0 Å². The Morgan fingerprint density at radius 2 is 1.05 bits per heavy atom. The number of fused-ring (bicyclic) bond motifs is 1. The van der Waals surface area contributed by atoms with Crippen molar-refractivity contribution in [3.63, 3.8) is 0 Å². The number of aryl methyl sites for hydroxylation is 1. The normalized spacial score (nSPS) is 15.8. The monoisotopic (exact) mass is 996 g/mol. The number of hydrogen-bond donors (Lipinski definition) is 0. The third kappa shape index (κ3) is 12.6. The Labute approximate surface area is 368 Å². The summed E-state index contributed by atoms with van der Waals surface area (Å²) in [6.45, 7) is 45.2. The van der Waals surface area contributed by atoms with Crippen LogP contribution in [0, 0.1) is 0 Å². The molecule has 3 atom stereocenters. The summed E-state index contributed by atoms with van der Waals surface area (Å²) in [5.74, 6) is 0.153. The first-order valence-corrected chi connectivity index (χ1v) is 34.0. The second-order valence-corrected chi connectivity index (χ2v) is 42.1. The van der Waals surface area contributed by atoms with Gasteiger partial charge in [0.1, 0.15) is 0 Å². The quantitative estimate of drug-likeness (QED) is 0.0442. The van der Waals surface area contributed by atoms with Crippen LogP contribution in [0.1, 0.15) is 95.9 Å². The van der Waals surface area contributed by atoms with Crippen molar-refractivity contribution in [2.24, 2.45) is 0 Å². The minimum atomic E-state index is -2.63. The highest BCUT2D eigenvalue weighted by Gasteiger charge is 2.50. The molecule has 336 valence electrons. The van der Waals surface area contributed by atoms with E-state index in [4.69, 9.17) is 32.2 Å². The molecule has 0 unspecified atom stereocenters. The summed E-state index contributed by atoms with van der Waals surface area (Å²) in [5.41, 5.74) is -0.808. The Bertz CT molecular complexity index is 1810. The lowest BCUT2D eigenvalue weighted by Crippen LogP contribution is -2.61. The molecular weight excluding hydrogens is 916 g/mol. The molecule has 17 heteroatoms. The molecule has 12 nitrogen and oxygen atoms in total. The Balaban J connectivity index is 3.23. The molecule has 0 spiro atoms. The van der Waals surface area contributed by atoms with Crippen molar-refractivity contribution in [2.75, 3.05) is 25.3 Å². The van der Waals surface area contributed by atoms with Crippen LogP contribution in [0.25, 0.3) is 11.2 Å². The van der Waals surface area contributed by atoms with E-state index in [9.17, 15) is 9.59 Å². The zero-order valence-corrected chi connectivity index (χ0v) is 46.6. The molecule has 0 aliphatic rings. The van der Waals surface area contributed by atoms with E-state index in [0.29, 0.717) is 18.5 Å². The maximum atomic E-state index is 14.7. The number of alkyl halides is 1. The van der Waals surface area contributed by atoms with Crippen LogP contribution in [0.5, 0.6) is 11.9 Å². The van der Waals surface area contributed by atoms with E-state index >= 15 is 0 Å². The predicted molar refractivity (Wildman–Crippen MR) is 259 cm³/mol. The van der Waals surface area contributed by atoms with E-state index in [0.717, 1.165) is 10.8 Å². The molecule has 0 aromatic carbocycles. The number of unbranched alkanes of at least 4 members (excludes halogenated alkanes) is 1. The van der Waals surface area contributed by atoms with Gasteiger partial charge in [-0.05, 0) is 89.8 Å². The number of nitrogens with zero attached hydrogens (tertiary/aromatic N) is 4. The second-order valence-electron chi connectivity index (χ2n) is 21.9. The van der Waals surface area contributed by atoms with Crippen molar-refractivity contribution < 1.29 is 27.2 Å². The van der Waals surface area contributed by atoms with E-state index in [1.807, 2.05) is 0 Å². The van der Waals surface area contributed by atoms with Gasteiger partial charge in [-0.3, -0.25) is 18.7 Å². The molecule has 0 aliphatic heterocycles. The molecule has 2 rings (SSSR count). The van der Waals surface area contributed by atoms with Crippen molar-refractivity contribution in [3.05, 3.63) is 20.7 Å². The van der Waals surface area contributed by atoms with Gasteiger partial charge in [0.05, 0.1) is 45.7 Å². The van der Waals surface area contributed by atoms with Gasteiger partial charge in [-0.15, -0.1) is 0 Å². The highest BCUT2D eigenvalue weighted by molar-refractivity contribution is 14.1. The zero-order chi connectivity index (χ0) is 45.3. The minimum absolute atomic E-state index is 0.0211. The van der Waals surface area contributed by atoms with E-state index in [-0.39, 0.29) is 50.8 Å². The number of ether oxygens (including phenoxy) is 2. The minimum Gasteiger partial charge on any atom is -0.479 e. The van der Waals surface area contributed by atoms with Crippen LogP contribution in [0.3, 0.4) is 0 Å². The molecular formula is C41H81IN4O8Si4. The van der Waals surface area contributed by atoms with Gasteiger partial charge in [0, 0.05) is 6.54 Å². The standard InChI is InChI=1S/C41H81IN4O8Si4/c1-38(2,3)55(15,16)51-28-30(53-57(19,20)40(7,8)9)32(54-58(21,22)41(10,11)12)29(52-56(17,18)39(4,5)6)27-46-33-31(34(49-13)44-37(43-33)50-14)45(26-24-23-25-42)35(47)36(46)48/h29-30,32H,23-28H2,1-22H3/t29-,30+,32-/m0/s1. The van der Waals surface area contributed by atoms with Crippen LogP contribution in [0.15, 0.2) is 9.59 Å². The predicted octanol–water partition coefficient (Wildman–Crippen LogP) is 10.4. The Morgan fingerprint density at radius 3 is 1.48 bits per heavy atom. The molecule has 2 heterocycles. The fourth-order valence-corrected chi connectivity index (χ4v) is 10.9. The van der Waals surface area contributed by atoms with Crippen LogP contribution in [0.4, 0.5) is 0 Å². The molecule has 0 bridgehead atoms. The number of methoxy groups -OCH3 is 2. The van der Waals surface area contributed by atoms with Gasteiger partial charge in [-0.25, -0.2) is 0 Å². The average Bonchev–Trinajstić information content (AvgIpc) is 3.05. The topological polar surface area (TPSA) is 125 Å². The molecule has 2 aromatic rings. The molecule has 0 radical (unpaired) electrons. The van der Waals surface area contributed by atoms with Gasteiger partial charge in [-0.2, -0.15) is 9.97 Å². The van der Waals surface area contributed by atoms with Crippen LogP contribution in [-0.2, 0) is 30.8 Å². The average molecular weight is 997 g/mol. The molecule has 0 fully saturated rings. The van der Waals surface area contributed by atoms with Gasteiger partial charge in [0.15, 0.2) is 44.4 Å². The fourth-order valence-electron chi connectivity index (χ4n) is 5.35. The molecule has 0 N–H and O–H groups in total. The summed E-state index contributed by atoms with van der Waals surface area (Å²) in [4.78, 5) is 38.2. The number of halogens is 1. The molecule has 0 saturated heterocycles. The first-order chi connectivity index (χ1) is 26.0. The van der Waals surface area contributed by atoms with E-state index < -0.39 is 62.7 Å². The SMILES string of the molecule is COc1nc(OC)c2c(n1)n(C[C@H](O[Si](C)(C)C(C)(C)C)[C@H](O[Si](C)(C)C(C)(C)C)[C@@H](CO[Si](C)(C)C(C)(C)C)O[Si](C)(C)C(C)(C)C)c(=O)c(=O)n2CCCCI. The van der Waals surface area contributed by atoms with Crippen molar-refractivity contribution in [3.8, 4) is 11.9 Å². The Hall–Kier alpha value is -0.942. The summed E-state index contributed by atoms with van der Waals surface area (Å²) in [6.07, 6.45) is -0.439. The molecule has 0 amide bonds. The van der Waals surface area contributed by atoms with Crippen LogP contribution in [0.2, 0.25) is 72.5 Å². The highest BCUT2D eigenvalue weighted by Crippen LogP contribution is 2.44. The third-order valence-electron chi connectivity index (χ3n) is 13.4. The maximum absolute atomic E-state index is 14.7. The van der Waals surface area contributed by atoms with Crippen molar-refractivity contribution in [1.82, 2.24) is 19.1 Å². The van der Waals surface area contributed by atoms with Gasteiger partial charge >= 0.3 is 17.1 Å². The van der Waals surface area contributed by atoms with Gasteiger partial charge in [0.2, 0.25) is 5.88 Å². The Morgan fingerprint density at radius 1 is 0.603 bits per heavy atom.